The predicted octanol–water partition coefficient (Wildman–Crippen LogP) is 6.55. The zero-order valence-corrected chi connectivity index (χ0v) is 14.3. The van der Waals surface area contributed by atoms with Gasteiger partial charge in [0, 0.05) is 0 Å². The van der Waals surface area contributed by atoms with Crippen LogP contribution in [-0.2, 0) is 0 Å². The van der Waals surface area contributed by atoms with E-state index in [1.807, 2.05) is 18.2 Å². The number of hydrogen-bond acceptors (Lipinski definition) is 1. The third kappa shape index (κ3) is 4.37. The normalized spacial score (nSPS) is 30.0. The van der Waals surface area contributed by atoms with E-state index in [4.69, 9.17) is 0 Å². The smallest absolute Gasteiger partial charge is 0.387 e. The van der Waals surface area contributed by atoms with E-state index in [0.29, 0.717) is 5.92 Å². The van der Waals surface area contributed by atoms with E-state index in [0.717, 1.165) is 24.2 Å². The molecule has 3 rings (SSSR count). The van der Waals surface area contributed by atoms with Crippen LogP contribution in [0.3, 0.4) is 0 Å². The molecule has 0 saturated heterocycles. The molecular weight excluding hydrogens is 306 g/mol. The van der Waals surface area contributed by atoms with Crippen molar-refractivity contribution < 1.29 is 13.5 Å². The van der Waals surface area contributed by atoms with Gasteiger partial charge in [0.25, 0.3) is 0 Å². The molecule has 0 heterocycles. The van der Waals surface area contributed by atoms with Gasteiger partial charge in [-0.3, -0.25) is 0 Å². The summed E-state index contributed by atoms with van der Waals surface area (Å²) in [6.07, 6.45) is 12.4. The molecule has 0 bridgehead atoms. The Morgan fingerprint density at radius 3 is 2.46 bits per heavy atom. The third-order valence-electron chi connectivity index (χ3n) is 6.08. The van der Waals surface area contributed by atoms with Gasteiger partial charge >= 0.3 is 6.61 Å². The van der Waals surface area contributed by atoms with Gasteiger partial charge in [0.2, 0.25) is 0 Å². The van der Waals surface area contributed by atoms with Crippen LogP contribution in [0.15, 0.2) is 36.9 Å². The number of ether oxygens (including phenoxy) is 1. The van der Waals surface area contributed by atoms with Gasteiger partial charge in [0.1, 0.15) is 5.75 Å². The van der Waals surface area contributed by atoms with E-state index in [9.17, 15) is 8.78 Å². The number of benzene rings is 1. The zero-order chi connectivity index (χ0) is 16.9. The molecule has 0 radical (unpaired) electrons. The SMILES string of the molecule is C=CCC[C@@H]1CC[C@@H]2CC(c3ccc(OC(F)F)cc3)CC[C@@H]2C1. The Morgan fingerprint density at radius 2 is 1.75 bits per heavy atom. The molecule has 3 heteroatoms. The maximum absolute atomic E-state index is 12.2. The van der Waals surface area contributed by atoms with Crippen LogP contribution < -0.4 is 4.74 Å². The summed E-state index contributed by atoms with van der Waals surface area (Å²) < 4.78 is 28.9. The number of fused-ring (bicyclic) bond motifs is 1. The van der Waals surface area contributed by atoms with Gasteiger partial charge in [-0.05, 0) is 86.3 Å². The first-order chi connectivity index (χ1) is 11.7. The van der Waals surface area contributed by atoms with Gasteiger partial charge in [-0.25, -0.2) is 0 Å². The Bertz CT molecular complexity index is 525. The van der Waals surface area contributed by atoms with Crippen LogP contribution in [0.1, 0.15) is 62.8 Å². The molecule has 2 saturated carbocycles. The molecule has 2 aliphatic carbocycles. The average molecular weight is 334 g/mol. The van der Waals surface area contributed by atoms with Gasteiger partial charge in [0.15, 0.2) is 0 Å². The number of alkyl halides is 2. The monoisotopic (exact) mass is 334 g/mol. The molecule has 0 N–H and O–H groups in total. The maximum Gasteiger partial charge on any atom is 0.387 e. The minimum atomic E-state index is -2.75. The lowest BCUT2D eigenvalue weighted by Gasteiger charge is -2.42. The molecule has 1 aromatic rings. The van der Waals surface area contributed by atoms with Gasteiger partial charge in [-0.2, -0.15) is 8.78 Å². The molecule has 0 aliphatic heterocycles. The number of rotatable bonds is 6. The highest BCUT2D eigenvalue weighted by molar-refractivity contribution is 5.30. The molecular formula is C21H28F2O. The minimum Gasteiger partial charge on any atom is -0.435 e. The van der Waals surface area contributed by atoms with Crippen molar-refractivity contribution in [3.05, 3.63) is 42.5 Å². The Hall–Kier alpha value is -1.38. The molecule has 1 nitrogen and oxygen atoms in total. The van der Waals surface area contributed by atoms with Crippen LogP contribution in [-0.4, -0.2) is 6.61 Å². The van der Waals surface area contributed by atoms with Crippen molar-refractivity contribution in [1.29, 1.82) is 0 Å². The maximum atomic E-state index is 12.2. The van der Waals surface area contributed by atoms with Gasteiger partial charge in [-0.1, -0.05) is 24.6 Å². The van der Waals surface area contributed by atoms with Crippen LogP contribution in [0.5, 0.6) is 5.75 Å². The number of halogens is 2. The van der Waals surface area contributed by atoms with Crippen LogP contribution in [0.2, 0.25) is 0 Å². The Kier molecular flexibility index (Phi) is 5.91. The highest BCUT2D eigenvalue weighted by Gasteiger charge is 2.35. The summed E-state index contributed by atoms with van der Waals surface area (Å²) in [6.45, 7) is 1.09. The van der Waals surface area contributed by atoms with Crippen molar-refractivity contribution in [2.75, 3.05) is 0 Å². The average Bonchev–Trinajstić information content (AvgIpc) is 2.59. The van der Waals surface area contributed by atoms with E-state index >= 15 is 0 Å². The lowest BCUT2D eigenvalue weighted by Crippen LogP contribution is -2.30. The van der Waals surface area contributed by atoms with Crippen molar-refractivity contribution in [1.82, 2.24) is 0 Å². The Balaban J connectivity index is 1.55. The molecule has 4 atom stereocenters. The second-order valence-corrected chi connectivity index (χ2v) is 7.52. The standard InChI is InChI=1S/C21H28F2O/c1-2-3-4-15-5-6-19-14-18(8-7-17(19)13-15)16-9-11-20(12-10-16)24-21(22)23/h2,9-12,15,17-19,21H,1,3-8,13-14H2/t15-,17-,18?,19-/m1/s1. The molecule has 2 fully saturated rings. The lowest BCUT2D eigenvalue weighted by molar-refractivity contribution is -0.0498. The summed E-state index contributed by atoms with van der Waals surface area (Å²) in [5.74, 6) is 3.47. The summed E-state index contributed by atoms with van der Waals surface area (Å²) >= 11 is 0. The van der Waals surface area contributed by atoms with Gasteiger partial charge in [-0.15, -0.1) is 6.58 Å². The van der Waals surface area contributed by atoms with Crippen molar-refractivity contribution in [2.45, 2.75) is 63.9 Å². The van der Waals surface area contributed by atoms with Crippen molar-refractivity contribution in [3.63, 3.8) is 0 Å². The quantitative estimate of drug-likeness (QED) is 0.536. The molecule has 0 aromatic heterocycles. The second kappa shape index (κ2) is 8.13. The highest BCUT2D eigenvalue weighted by atomic mass is 19.3. The van der Waals surface area contributed by atoms with E-state index < -0.39 is 6.61 Å². The van der Waals surface area contributed by atoms with E-state index in [1.54, 1.807) is 12.1 Å². The lowest BCUT2D eigenvalue weighted by atomic mass is 9.63. The summed E-state index contributed by atoms with van der Waals surface area (Å²) in [6, 6.07) is 7.30. The predicted molar refractivity (Wildman–Crippen MR) is 93.4 cm³/mol. The molecule has 0 spiro atoms. The van der Waals surface area contributed by atoms with Crippen LogP contribution in [0, 0.1) is 17.8 Å². The van der Waals surface area contributed by atoms with Crippen molar-refractivity contribution >= 4 is 0 Å². The summed E-state index contributed by atoms with van der Waals surface area (Å²) in [5.41, 5.74) is 1.28. The van der Waals surface area contributed by atoms with E-state index in [1.165, 1.54) is 50.5 Å². The highest BCUT2D eigenvalue weighted by Crippen LogP contribution is 2.48. The third-order valence-corrected chi connectivity index (χ3v) is 6.08. The summed E-state index contributed by atoms with van der Waals surface area (Å²) in [4.78, 5) is 0. The first-order valence-corrected chi connectivity index (χ1v) is 9.31. The fourth-order valence-electron chi connectivity index (χ4n) is 4.83. The van der Waals surface area contributed by atoms with E-state index in [-0.39, 0.29) is 5.75 Å². The summed E-state index contributed by atoms with van der Waals surface area (Å²) in [7, 11) is 0. The minimum absolute atomic E-state index is 0.255. The fourth-order valence-corrected chi connectivity index (χ4v) is 4.83. The van der Waals surface area contributed by atoms with Gasteiger partial charge in [0.05, 0.1) is 0 Å². The first-order valence-electron chi connectivity index (χ1n) is 9.31. The van der Waals surface area contributed by atoms with Crippen molar-refractivity contribution in [2.24, 2.45) is 17.8 Å². The number of hydrogen-bond donors (Lipinski definition) is 0. The fraction of sp³-hybridized carbons (Fsp3) is 0.619. The molecule has 1 aromatic carbocycles. The van der Waals surface area contributed by atoms with E-state index in [2.05, 4.69) is 11.3 Å². The Morgan fingerprint density at radius 1 is 1.04 bits per heavy atom. The van der Waals surface area contributed by atoms with Crippen molar-refractivity contribution in [3.8, 4) is 5.75 Å². The van der Waals surface area contributed by atoms with Crippen LogP contribution in [0.25, 0.3) is 0 Å². The van der Waals surface area contributed by atoms with Gasteiger partial charge < -0.3 is 4.74 Å². The largest absolute Gasteiger partial charge is 0.435 e. The summed E-state index contributed by atoms with van der Waals surface area (Å²) in [5, 5.41) is 0. The first kappa shape index (κ1) is 17.4. The molecule has 1 unspecified atom stereocenters. The van der Waals surface area contributed by atoms with Crippen LogP contribution >= 0.6 is 0 Å². The molecule has 0 amide bonds. The van der Waals surface area contributed by atoms with Crippen LogP contribution in [0.4, 0.5) is 8.78 Å². The second-order valence-electron chi connectivity index (χ2n) is 7.52. The molecule has 132 valence electrons. The number of allylic oxidation sites excluding steroid dienone is 1. The Labute approximate surface area is 144 Å². The topological polar surface area (TPSA) is 9.23 Å². The zero-order valence-electron chi connectivity index (χ0n) is 14.3. The molecule has 2 aliphatic rings. The molecule has 24 heavy (non-hydrogen) atoms.